The van der Waals surface area contributed by atoms with Gasteiger partial charge in [0.1, 0.15) is 0 Å². The van der Waals surface area contributed by atoms with Crippen molar-refractivity contribution >= 4 is 6.21 Å². The van der Waals surface area contributed by atoms with Crippen LogP contribution in [0.25, 0.3) is 0 Å². The van der Waals surface area contributed by atoms with E-state index in [2.05, 4.69) is 14.9 Å². The first kappa shape index (κ1) is 28.4. The number of nitrogens with zero attached hydrogens (tertiary/aromatic N) is 3. The van der Waals surface area contributed by atoms with Crippen LogP contribution in [0.2, 0.25) is 0 Å². The van der Waals surface area contributed by atoms with Crippen LogP contribution in [0, 0.1) is 10.2 Å². The number of pyridine rings is 1. The Balaban J connectivity index is 0.00000125. The van der Waals surface area contributed by atoms with Gasteiger partial charge in [0.2, 0.25) is 0 Å². The summed E-state index contributed by atoms with van der Waals surface area (Å²) in [6.07, 6.45) is 5.38. The monoisotopic (exact) mass is 488 g/mol. The van der Waals surface area contributed by atoms with Crippen LogP contribution in [0.15, 0.2) is 53.7 Å². The molecule has 0 saturated carbocycles. The molecule has 2 aromatic rings. The summed E-state index contributed by atoms with van der Waals surface area (Å²) in [5, 5.41) is 20.7. The molecule has 0 bridgehead atoms. The predicted octanol–water partition coefficient (Wildman–Crippen LogP) is -2.91. The summed E-state index contributed by atoms with van der Waals surface area (Å²) < 4.78 is 34.0. The van der Waals surface area contributed by atoms with E-state index in [1.165, 1.54) is 0 Å². The Labute approximate surface area is 188 Å². The van der Waals surface area contributed by atoms with E-state index in [0.717, 1.165) is 31.6 Å². The number of benzene rings is 1. The third-order valence-electron chi connectivity index (χ3n) is 3.69. The second-order valence-electron chi connectivity index (χ2n) is 5.98. The molecule has 2 rings (SSSR count). The van der Waals surface area contributed by atoms with E-state index in [0.29, 0.717) is 18.7 Å². The van der Waals surface area contributed by atoms with Crippen molar-refractivity contribution < 1.29 is 56.2 Å². The van der Waals surface area contributed by atoms with Gasteiger partial charge in [-0.3, -0.25) is 14.9 Å². The Morgan fingerprint density at radius 3 is 2.27 bits per heavy atom. The fraction of sp³-hybridized carbons (Fsp3) is 0.368. The molecule has 169 valence electrons. The number of aromatic nitrogens is 1. The second-order valence-corrected chi connectivity index (χ2v) is 6.73. The summed E-state index contributed by atoms with van der Waals surface area (Å²) in [4.78, 5) is 10.8. The van der Waals surface area contributed by atoms with E-state index in [1.807, 2.05) is 24.3 Å². The van der Waals surface area contributed by atoms with Gasteiger partial charge in [-0.05, 0) is 37.1 Å². The van der Waals surface area contributed by atoms with E-state index in [-0.39, 0.29) is 29.4 Å². The molecule has 1 radical (unpaired) electrons. The van der Waals surface area contributed by atoms with Crippen LogP contribution in [0.5, 0.6) is 5.75 Å². The van der Waals surface area contributed by atoms with E-state index in [1.54, 1.807) is 30.6 Å². The SMILES string of the molecule is [Cu+2].[O-][Cl+3]([O-])([O-])[O-].[O-]c1ccccc1C=NCCCCN(CCO)Cc1ccccn1. The second kappa shape index (κ2) is 16.1. The third-order valence-corrected chi connectivity index (χ3v) is 3.69. The average molecular weight is 489 g/mol. The van der Waals surface area contributed by atoms with E-state index >= 15 is 0 Å². The summed E-state index contributed by atoms with van der Waals surface area (Å²) in [5.74, 6) is 0.00531. The van der Waals surface area contributed by atoms with Gasteiger partial charge in [0.15, 0.2) is 0 Å². The molecule has 30 heavy (non-hydrogen) atoms. The predicted molar refractivity (Wildman–Crippen MR) is 94.2 cm³/mol. The van der Waals surface area contributed by atoms with Gasteiger partial charge in [-0.15, -0.1) is 16.0 Å². The van der Waals surface area contributed by atoms with E-state index in [4.69, 9.17) is 18.6 Å². The van der Waals surface area contributed by atoms with Gasteiger partial charge in [-0.1, -0.05) is 30.3 Å². The van der Waals surface area contributed by atoms with Crippen LogP contribution in [0.4, 0.5) is 0 Å². The smallest absolute Gasteiger partial charge is 0.872 e. The maximum Gasteiger partial charge on any atom is 2.00 e. The zero-order valence-corrected chi connectivity index (χ0v) is 17.9. The first-order valence-corrected chi connectivity index (χ1v) is 10.1. The Hall–Kier alpha value is -1.59. The molecule has 0 aliphatic carbocycles. The molecule has 11 heteroatoms. The van der Waals surface area contributed by atoms with Crippen LogP contribution in [0.1, 0.15) is 24.1 Å². The number of hydrogen-bond donors (Lipinski definition) is 1. The van der Waals surface area contributed by atoms with Gasteiger partial charge in [0.25, 0.3) is 0 Å². The zero-order valence-electron chi connectivity index (χ0n) is 16.2. The van der Waals surface area contributed by atoms with Gasteiger partial charge in [0, 0.05) is 32.0 Å². The van der Waals surface area contributed by atoms with Crippen molar-refractivity contribution in [3.63, 3.8) is 0 Å². The molecule has 1 aromatic carbocycles. The first-order valence-electron chi connectivity index (χ1n) is 8.90. The van der Waals surface area contributed by atoms with Gasteiger partial charge in [0.05, 0.1) is 12.3 Å². The van der Waals surface area contributed by atoms with Crippen LogP contribution in [0.3, 0.4) is 0 Å². The van der Waals surface area contributed by atoms with Crippen molar-refractivity contribution in [2.75, 3.05) is 26.2 Å². The molecule has 1 N–H and O–H groups in total. The Bertz CT molecular complexity index is 713. The maximum atomic E-state index is 11.5. The number of aliphatic imine (C=N–C) groups is 1. The molecule has 0 amide bonds. The first-order chi connectivity index (χ1) is 13.8. The standard InChI is InChI=1S/C19H25N3O2.ClHO4.Cu/c23-14-13-22(16-18-8-3-4-11-21-18)12-6-5-10-20-15-17-7-1-2-9-19(17)24;2-1(3,4)5;/h1-4,7-9,11,15,23-24H,5-6,10,12-14,16H2;(H,2,3,4,5);/q;;+2/p-2. The molecule has 0 fully saturated rings. The van der Waals surface area contributed by atoms with E-state index < -0.39 is 10.2 Å². The largest absolute Gasteiger partial charge is 2.00 e. The molecule has 1 aromatic heterocycles. The molecule has 0 aliphatic rings. The van der Waals surface area contributed by atoms with Gasteiger partial charge >= 0.3 is 17.1 Å². The minimum atomic E-state index is -4.94. The van der Waals surface area contributed by atoms with Crippen molar-refractivity contribution in [1.29, 1.82) is 0 Å². The number of hydrogen-bond acceptors (Lipinski definition) is 9. The fourth-order valence-electron chi connectivity index (χ4n) is 2.42. The molecule has 0 unspecified atom stereocenters. The summed E-state index contributed by atoms with van der Waals surface area (Å²) >= 11 is 0. The van der Waals surface area contributed by atoms with Crippen molar-refractivity contribution in [3.8, 4) is 5.75 Å². The summed E-state index contributed by atoms with van der Waals surface area (Å²) in [5.41, 5.74) is 1.64. The van der Waals surface area contributed by atoms with Crippen molar-refractivity contribution in [2.45, 2.75) is 19.4 Å². The molecular formula is C19H24ClCuN3O6. The van der Waals surface area contributed by atoms with E-state index in [9.17, 15) is 10.2 Å². The Kier molecular flexibility index (Phi) is 15.3. The molecule has 0 spiro atoms. The number of aliphatic hydroxyl groups excluding tert-OH is 1. The van der Waals surface area contributed by atoms with Gasteiger partial charge < -0.3 is 10.2 Å². The van der Waals surface area contributed by atoms with Crippen LogP contribution in [-0.2, 0) is 23.6 Å². The van der Waals surface area contributed by atoms with Crippen molar-refractivity contribution in [3.05, 3.63) is 59.9 Å². The maximum absolute atomic E-state index is 11.5. The minimum Gasteiger partial charge on any atom is -0.872 e. The normalized spacial score (nSPS) is 11.1. The van der Waals surface area contributed by atoms with Crippen LogP contribution < -0.4 is 23.7 Å². The number of aliphatic hydroxyl groups is 1. The molecular weight excluding hydrogens is 465 g/mol. The quantitative estimate of drug-likeness (QED) is 0.211. The van der Waals surface area contributed by atoms with Gasteiger partial charge in [-0.2, -0.15) is 0 Å². The Morgan fingerprint density at radius 2 is 1.67 bits per heavy atom. The molecule has 0 saturated heterocycles. The third kappa shape index (κ3) is 15.3. The van der Waals surface area contributed by atoms with Crippen molar-refractivity contribution in [1.82, 2.24) is 9.88 Å². The van der Waals surface area contributed by atoms with Crippen LogP contribution >= 0.6 is 0 Å². The minimum absolute atomic E-state index is 0. The number of rotatable bonds is 10. The summed E-state index contributed by atoms with van der Waals surface area (Å²) in [6.45, 7) is 3.12. The number of unbranched alkanes of at least 4 members (excludes halogenated alkanes) is 1. The van der Waals surface area contributed by atoms with Crippen LogP contribution in [-0.4, -0.2) is 47.4 Å². The molecule has 1 heterocycles. The molecule has 9 nitrogen and oxygen atoms in total. The Morgan fingerprint density at radius 1 is 1.00 bits per heavy atom. The topological polar surface area (TPSA) is 164 Å². The molecule has 0 atom stereocenters. The van der Waals surface area contributed by atoms with Gasteiger partial charge in [-0.25, -0.2) is 18.6 Å². The fourth-order valence-corrected chi connectivity index (χ4v) is 2.42. The summed E-state index contributed by atoms with van der Waals surface area (Å²) in [7, 11) is -4.94. The zero-order chi connectivity index (χ0) is 21.5. The number of para-hydroxylation sites is 1. The summed E-state index contributed by atoms with van der Waals surface area (Å²) in [6, 6.07) is 12.8. The molecule has 0 aliphatic heterocycles. The number of halogens is 1. The average Bonchev–Trinajstić information content (AvgIpc) is 2.65. The van der Waals surface area contributed by atoms with Crippen molar-refractivity contribution in [2.24, 2.45) is 4.99 Å².